The van der Waals surface area contributed by atoms with Gasteiger partial charge in [0.25, 0.3) is 0 Å². The summed E-state index contributed by atoms with van der Waals surface area (Å²) in [6, 6.07) is 0. The van der Waals surface area contributed by atoms with Crippen LogP contribution in [0.3, 0.4) is 0 Å². The number of carbonyl (C=O) groups is 3. The molecule has 0 aromatic heterocycles. The van der Waals surface area contributed by atoms with Gasteiger partial charge in [-0.15, -0.1) is 0 Å². The number of carbonyl (C=O) groups excluding carboxylic acids is 3. The summed E-state index contributed by atoms with van der Waals surface area (Å²) in [5.41, 5.74) is 0. The predicted molar refractivity (Wildman–Crippen MR) is 407 cm³/mol. The summed E-state index contributed by atoms with van der Waals surface area (Å²) in [5.74, 6) is -2.34. The van der Waals surface area contributed by atoms with Gasteiger partial charge in [0.05, 0.1) is 40.3 Å². The highest BCUT2D eigenvalue weighted by molar-refractivity contribution is 5.70. The van der Waals surface area contributed by atoms with E-state index in [9.17, 15) is 19.5 Å². The molecule has 2 atom stereocenters. The lowest BCUT2D eigenvalue weighted by atomic mass is 10.0. The normalized spacial score (nSPS) is 13.9. The van der Waals surface area contributed by atoms with Gasteiger partial charge in [0.1, 0.15) is 13.2 Å². The topological polar surface area (TPSA) is 111 Å². The number of carboxylic acids is 1. The van der Waals surface area contributed by atoms with Gasteiger partial charge in [0.15, 0.2) is 12.4 Å². The molecule has 0 rings (SSSR count). The number of quaternary nitrogens is 1. The Morgan fingerprint density at radius 2 is 0.568 bits per heavy atom. The lowest BCUT2D eigenvalue weighted by Gasteiger charge is -2.26. The fourth-order valence-corrected chi connectivity index (χ4v) is 9.43. The molecular weight excluding hydrogens is 1170 g/mol. The Kier molecular flexibility index (Phi) is 68.9. The zero-order valence-electron chi connectivity index (χ0n) is 60.7. The molecule has 0 aliphatic rings. The minimum Gasteiger partial charge on any atom is -0.545 e. The minimum atomic E-state index is -1.64. The van der Waals surface area contributed by atoms with Crippen molar-refractivity contribution >= 4 is 17.9 Å². The number of carboxylic acid groups (broad SMARTS) is 1. The first-order valence-electron chi connectivity index (χ1n) is 37.2. The molecule has 0 aromatic rings. The molecule has 532 valence electrons. The average Bonchev–Trinajstić information content (AvgIpc) is 3.54. The summed E-state index contributed by atoms with van der Waals surface area (Å²) in [7, 11) is 5.91. The number of esters is 2. The Bertz CT molecular complexity index is 2320. The first kappa shape index (κ1) is 88.9. The molecule has 9 heteroatoms. The number of allylic oxidation sites excluding steroid dienone is 34. The van der Waals surface area contributed by atoms with Crippen LogP contribution in [0.1, 0.15) is 258 Å². The van der Waals surface area contributed by atoms with E-state index in [0.717, 1.165) is 161 Å². The van der Waals surface area contributed by atoms with Gasteiger partial charge in [-0.25, -0.2) is 0 Å². The Morgan fingerprint density at radius 3 is 0.842 bits per heavy atom. The second-order valence-electron chi connectivity index (χ2n) is 25.1. The summed E-state index contributed by atoms with van der Waals surface area (Å²) in [4.78, 5) is 37.5. The third-order valence-electron chi connectivity index (χ3n) is 15.0. The molecule has 0 aliphatic heterocycles. The van der Waals surface area contributed by atoms with E-state index in [1.807, 2.05) is 21.1 Å². The Labute approximate surface area is 582 Å². The SMILES string of the molecule is CC/C=C\C/C=C\C/C=C\C/C=C\C/C=C\C/C=C\C/C=C\C/C=C\C/C=C\C/C=C\C/C=C\C/C=C\CCCCCCC(=O)OC(COC(=O)CCCCCCCCCCCCCCC/C=C\C/C=C\C/C=C\C/C=C\C/C=C\CC)COC(OCC[N+](C)(C)C)C(=O)[O-]. The Hall–Kier alpha value is -6.13. The fourth-order valence-electron chi connectivity index (χ4n) is 9.43. The lowest BCUT2D eigenvalue weighted by Crippen LogP contribution is -2.44. The summed E-state index contributed by atoms with van der Waals surface area (Å²) in [5, 5.41) is 11.8. The van der Waals surface area contributed by atoms with Gasteiger partial charge in [0, 0.05) is 12.8 Å². The van der Waals surface area contributed by atoms with Crippen LogP contribution >= 0.6 is 0 Å². The summed E-state index contributed by atoms with van der Waals surface area (Å²) in [6.07, 6.45) is 112. The standard InChI is InChI=1S/C86H135NO8/c1-6-8-10-12-14-16-18-20-22-24-26-28-30-32-34-36-37-38-39-40-41-42-43-44-45-46-47-49-51-53-55-57-59-61-63-65-67-69-71-73-75-77-84(89)95-82(81-94-86(85(90)91)92-79-78-87(3,4)5)80-93-83(88)76-74-72-70-68-66-64-62-60-58-56-54-52-50-48-35-33-31-29-27-25-23-21-19-17-15-13-11-9-7-2/h8-11,14-17,20-23,26-29,32-35,37-38,40-41,43-44,46-47,51,53,57,59,63,65,82,86H,6-7,12-13,18-19,24-25,30-31,36,39,42,45,48-50,52,54-56,58,60-62,64,66-81H2,1-5H3/b10-8-,11-9-,16-14-,17-15-,22-20-,23-21-,28-26-,29-27-,34-32-,35-33-,38-37-,41-40-,44-43-,47-46-,53-51-,59-57-,65-63-. The maximum Gasteiger partial charge on any atom is 0.306 e. The monoisotopic (exact) mass is 1310 g/mol. The van der Waals surface area contributed by atoms with Gasteiger partial charge in [0.2, 0.25) is 0 Å². The molecule has 0 fully saturated rings. The van der Waals surface area contributed by atoms with Crippen LogP contribution in [0.2, 0.25) is 0 Å². The smallest absolute Gasteiger partial charge is 0.306 e. The van der Waals surface area contributed by atoms with Crippen LogP contribution < -0.4 is 5.11 Å². The van der Waals surface area contributed by atoms with Gasteiger partial charge in [-0.2, -0.15) is 0 Å². The molecule has 0 saturated carbocycles. The van der Waals surface area contributed by atoms with Crippen LogP contribution in [-0.2, 0) is 33.3 Å². The summed E-state index contributed by atoms with van der Waals surface area (Å²) < 4.78 is 22.8. The molecule has 0 amide bonds. The molecule has 0 saturated heterocycles. The van der Waals surface area contributed by atoms with Gasteiger partial charge in [-0.05, 0) is 148 Å². The number of rotatable bonds is 66. The van der Waals surface area contributed by atoms with Crippen LogP contribution in [0.25, 0.3) is 0 Å². The molecule has 0 bridgehead atoms. The molecule has 0 aliphatic carbocycles. The van der Waals surface area contributed by atoms with Crippen molar-refractivity contribution in [1.29, 1.82) is 0 Å². The number of likely N-dealkylation sites (N-methyl/N-ethyl adjacent to an activating group) is 1. The van der Waals surface area contributed by atoms with Crippen LogP contribution in [0, 0.1) is 0 Å². The van der Waals surface area contributed by atoms with Crippen LogP contribution in [-0.4, -0.2) is 82.3 Å². The maximum atomic E-state index is 12.9. The number of aliphatic carboxylic acids is 1. The lowest BCUT2D eigenvalue weighted by molar-refractivity contribution is -0.870. The van der Waals surface area contributed by atoms with E-state index in [1.54, 1.807) is 0 Å². The van der Waals surface area contributed by atoms with Crippen molar-refractivity contribution in [2.45, 2.75) is 270 Å². The maximum absolute atomic E-state index is 12.9. The third-order valence-corrected chi connectivity index (χ3v) is 15.0. The summed E-state index contributed by atoms with van der Waals surface area (Å²) in [6.45, 7) is 4.47. The van der Waals surface area contributed by atoms with Crippen molar-refractivity contribution in [2.75, 3.05) is 47.5 Å². The van der Waals surface area contributed by atoms with E-state index in [-0.39, 0.29) is 38.6 Å². The van der Waals surface area contributed by atoms with Gasteiger partial charge >= 0.3 is 11.9 Å². The van der Waals surface area contributed by atoms with Crippen LogP contribution in [0.15, 0.2) is 207 Å². The van der Waals surface area contributed by atoms with Gasteiger partial charge < -0.3 is 33.3 Å². The number of nitrogens with zero attached hydrogens (tertiary/aromatic N) is 1. The predicted octanol–water partition coefficient (Wildman–Crippen LogP) is 22.6. The van der Waals surface area contributed by atoms with Crippen LogP contribution in [0.5, 0.6) is 0 Å². The second-order valence-corrected chi connectivity index (χ2v) is 25.1. The molecule has 0 N–H and O–H groups in total. The van der Waals surface area contributed by atoms with Crippen molar-refractivity contribution in [3.63, 3.8) is 0 Å². The van der Waals surface area contributed by atoms with Crippen molar-refractivity contribution in [1.82, 2.24) is 0 Å². The van der Waals surface area contributed by atoms with Crippen molar-refractivity contribution in [3.05, 3.63) is 207 Å². The Balaban J connectivity index is 4.23. The largest absolute Gasteiger partial charge is 0.545 e. The highest BCUT2D eigenvalue weighted by Crippen LogP contribution is 2.15. The van der Waals surface area contributed by atoms with E-state index in [2.05, 4.69) is 220 Å². The molecule has 0 radical (unpaired) electrons. The van der Waals surface area contributed by atoms with Crippen molar-refractivity contribution in [2.24, 2.45) is 0 Å². The highest BCUT2D eigenvalue weighted by Gasteiger charge is 2.22. The quantitative estimate of drug-likeness (QED) is 0.0195. The van der Waals surface area contributed by atoms with Crippen molar-refractivity contribution < 1.29 is 42.9 Å². The number of unbranched alkanes of at least 4 members (excludes halogenated alkanes) is 17. The van der Waals surface area contributed by atoms with E-state index in [1.165, 1.54) is 64.2 Å². The van der Waals surface area contributed by atoms with Crippen molar-refractivity contribution in [3.8, 4) is 0 Å². The molecule has 0 heterocycles. The number of hydrogen-bond donors (Lipinski definition) is 0. The molecule has 95 heavy (non-hydrogen) atoms. The third kappa shape index (κ3) is 75.1. The zero-order valence-corrected chi connectivity index (χ0v) is 60.7. The molecule has 0 spiro atoms. The molecule has 0 aromatic carbocycles. The van der Waals surface area contributed by atoms with Crippen LogP contribution in [0.4, 0.5) is 0 Å². The average molecular weight is 1310 g/mol. The zero-order chi connectivity index (χ0) is 69.0. The molecule has 2 unspecified atom stereocenters. The fraction of sp³-hybridized carbons (Fsp3) is 0.570. The first-order valence-corrected chi connectivity index (χ1v) is 37.2. The minimum absolute atomic E-state index is 0.131. The Morgan fingerprint density at radius 1 is 0.316 bits per heavy atom. The van der Waals surface area contributed by atoms with E-state index >= 15 is 0 Å². The molecule has 9 nitrogen and oxygen atoms in total. The van der Waals surface area contributed by atoms with E-state index in [0.29, 0.717) is 17.4 Å². The van der Waals surface area contributed by atoms with E-state index in [4.69, 9.17) is 18.9 Å². The summed E-state index contributed by atoms with van der Waals surface area (Å²) >= 11 is 0. The van der Waals surface area contributed by atoms with E-state index < -0.39 is 24.3 Å². The molecular formula is C86H135NO8. The first-order chi connectivity index (χ1) is 46.6. The second kappa shape index (κ2) is 73.7. The van der Waals surface area contributed by atoms with Gasteiger partial charge in [-0.3, -0.25) is 9.59 Å². The highest BCUT2D eigenvalue weighted by atomic mass is 16.7. The number of hydrogen-bond acceptors (Lipinski definition) is 8. The van der Waals surface area contributed by atoms with Gasteiger partial charge in [-0.1, -0.05) is 304 Å². The number of ether oxygens (including phenoxy) is 4.